The minimum atomic E-state index is 0.0181. The number of rotatable bonds is 2. The van der Waals surface area contributed by atoms with E-state index < -0.39 is 0 Å². The maximum Gasteiger partial charge on any atom is 0.169 e. The fourth-order valence-electron chi connectivity index (χ4n) is 2.71. The molecule has 4 heteroatoms. The predicted molar refractivity (Wildman–Crippen MR) is 89.8 cm³/mol. The van der Waals surface area contributed by atoms with E-state index in [2.05, 4.69) is 78.3 Å². The second-order valence-electron chi connectivity index (χ2n) is 5.36. The molecule has 0 spiro atoms. The first kappa shape index (κ1) is 14.0. The lowest BCUT2D eigenvalue weighted by atomic mass is 10.0. The number of aryl methyl sites for hydroxylation is 2. The van der Waals surface area contributed by atoms with Crippen LogP contribution in [0.3, 0.4) is 0 Å². The summed E-state index contributed by atoms with van der Waals surface area (Å²) >= 11 is 5.38. The van der Waals surface area contributed by atoms with Gasteiger partial charge in [-0.3, -0.25) is 5.32 Å². The summed E-state index contributed by atoms with van der Waals surface area (Å²) in [6.45, 7) is 4.24. The maximum atomic E-state index is 5.38. The molecule has 1 aliphatic rings. The van der Waals surface area contributed by atoms with E-state index in [1.807, 2.05) is 0 Å². The van der Waals surface area contributed by atoms with Gasteiger partial charge in [-0.1, -0.05) is 48.5 Å². The Balaban J connectivity index is 1.91. The van der Waals surface area contributed by atoms with Crippen molar-refractivity contribution in [1.29, 1.82) is 0 Å². The standard InChI is InChI=1S/C17H19N3S/c1-11-7-3-5-9-13(11)15-18-16(20-17(21)19-15)14-10-6-4-8-12(14)2/h3-10,15-16,18H,1-2H3,(H2,19,20,21). The highest BCUT2D eigenvalue weighted by molar-refractivity contribution is 7.80. The van der Waals surface area contributed by atoms with Gasteiger partial charge in [-0.2, -0.15) is 0 Å². The fraction of sp³-hybridized carbons (Fsp3) is 0.235. The van der Waals surface area contributed by atoms with Crippen LogP contribution in [0.1, 0.15) is 34.6 Å². The molecular formula is C17H19N3S. The molecule has 3 rings (SSSR count). The average Bonchev–Trinajstić information content (AvgIpc) is 2.47. The first-order chi connectivity index (χ1) is 10.1. The van der Waals surface area contributed by atoms with E-state index in [1.165, 1.54) is 22.3 Å². The molecule has 2 unspecified atom stereocenters. The minimum Gasteiger partial charge on any atom is -0.343 e. The molecule has 0 saturated carbocycles. The molecule has 1 fully saturated rings. The molecule has 1 heterocycles. The summed E-state index contributed by atoms with van der Waals surface area (Å²) in [7, 11) is 0. The van der Waals surface area contributed by atoms with Crippen LogP contribution in [0.5, 0.6) is 0 Å². The number of nitrogens with one attached hydrogen (secondary N) is 3. The molecule has 0 amide bonds. The summed E-state index contributed by atoms with van der Waals surface area (Å²) in [5.74, 6) is 0. The van der Waals surface area contributed by atoms with Crippen molar-refractivity contribution in [3.63, 3.8) is 0 Å². The molecule has 2 atom stereocenters. The summed E-state index contributed by atoms with van der Waals surface area (Å²) in [6, 6.07) is 16.7. The van der Waals surface area contributed by atoms with E-state index >= 15 is 0 Å². The summed E-state index contributed by atoms with van der Waals surface area (Å²) < 4.78 is 0. The fourth-order valence-corrected chi connectivity index (χ4v) is 2.95. The van der Waals surface area contributed by atoms with Gasteiger partial charge in [-0.25, -0.2) is 0 Å². The zero-order valence-corrected chi connectivity index (χ0v) is 13.0. The highest BCUT2D eigenvalue weighted by Gasteiger charge is 2.26. The molecule has 0 aromatic heterocycles. The van der Waals surface area contributed by atoms with Gasteiger partial charge in [0.1, 0.15) is 12.3 Å². The molecule has 3 N–H and O–H groups in total. The van der Waals surface area contributed by atoms with E-state index in [0.29, 0.717) is 5.11 Å². The van der Waals surface area contributed by atoms with E-state index in [1.54, 1.807) is 0 Å². The van der Waals surface area contributed by atoms with Gasteiger partial charge in [0.2, 0.25) is 0 Å². The SMILES string of the molecule is Cc1ccccc1C1NC(=S)NC(c2ccccc2C)N1. The van der Waals surface area contributed by atoms with Crippen LogP contribution < -0.4 is 16.0 Å². The molecular weight excluding hydrogens is 278 g/mol. The maximum absolute atomic E-state index is 5.38. The topological polar surface area (TPSA) is 36.1 Å². The van der Waals surface area contributed by atoms with Crippen molar-refractivity contribution in [3.8, 4) is 0 Å². The van der Waals surface area contributed by atoms with Gasteiger partial charge < -0.3 is 10.6 Å². The second-order valence-corrected chi connectivity index (χ2v) is 5.77. The predicted octanol–water partition coefficient (Wildman–Crippen LogP) is 3.07. The molecule has 1 saturated heterocycles. The van der Waals surface area contributed by atoms with Gasteiger partial charge in [0, 0.05) is 0 Å². The minimum absolute atomic E-state index is 0.0181. The van der Waals surface area contributed by atoms with Crippen LogP contribution >= 0.6 is 12.2 Å². The lowest BCUT2D eigenvalue weighted by Crippen LogP contribution is -2.55. The van der Waals surface area contributed by atoms with Gasteiger partial charge in [-0.05, 0) is 48.3 Å². The van der Waals surface area contributed by atoms with Crippen molar-refractivity contribution in [2.75, 3.05) is 0 Å². The molecule has 0 aliphatic carbocycles. The molecule has 1 aliphatic heterocycles. The quantitative estimate of drug-likeness (QED) is 0.745. The summed E-state index contributed by atoms with van der Waals surface area (Å²) in [5, 5.41) is 10.9. The van der Waals surface area contributed by atoms with Crippen molar-refractivity contribution in [2.45, 2.75) is 26.2 Å². The van der Waals surface area contributed by atoms with Crippen LogP contribution in [0.2, 0.25) is 0 Å². The van der Waals surface area contributed by atoms with Crippen LogP contribution in [0.25, 0.3) is 0 Å². The van der Waals surface area contributed by atoms with Gasteiger partial charge in [0.15, 0.2) is 5.11 Å². The normalized spacial score (nSPS) is 21.5. The molecule has 0 radical (unpaired) electrons. The molecule has 2 aromatic rings. The number of hydrogen-bond acceptors (Lipinski definition) is 2. The van der Waals surface area contributed by atoms with E-state index in [-0.39, 0.29) is 12.3 Å². The summed E-state index contributed by atoms with van der Waals surface area (Å²) in [5.41, 5.74) is 4.94. The number of hydrogen-bond donors (Lipinski definition) is 3. The van der Waals surface area contributed by atoms with E-state index in [0.717, 1.165) is 0 Å². The molecule has 2 aromatic carbocycles. The van der Waals surface area contributed by atoms with Gasteiger partial charge in [-0.15, -0.1) is 0 Å². The van der Waals surface area contributed by atoms with Crippen LogP contribution in [0.15, 0.2) is 48.5 Å². The Bertz CT molecular complexity index is 613. The first-order valence-electron chi connectivity index (χ1n) is 7.09. The zero-order chi connectivity index (χ0) is 14.8. The monoisotopic (exact) mass is 297 g/mol. The van der Waals surface area contributed by atoms with Crippen LogP contribution in [-0.4, -0.2) is 5.11 Å². The Kier molecular flexibility index (Phi) is 3.90. The molecule has 0 bridgehead atoms. The Labute approximate surface area is 130 Å². The van der Waals surface area contributed by atoms with Crippen molar-refractivity contribution in [3.05, 3.63) is 70.8 Å². The zero-order valence-electron chi connectivity index (χ0n) is 12.2. The Morgan fingerprint density at radius 3 is 1.62 bits per heavy atom. The second kappa shape index (κ2) is 5.84. The third-order valence-electron chi connectivity index (χ3n) is 3.88. The third-order valence-corrected chi connectivity index (χ3v) is 4.12. The first-order valence-corrected chi connectivity index (χ1v) is 7.50. The van der Waals surface area contributed by atoms with Crippen LogP contribution in [-0.2, 0) is 0 Å². The van der Waals surface area contributed by atoms with E-state index in [9.17, 15) is 0 Å². The summed E-state index contributed by atoms with van der Waals surface area (Å²) in [4.78, 5) is 0. The van der Waals surface area contributed by atoms with Crippen molar-refractivity contribution in [1.82, 2.24) is 16.0 Å². The molecule has 21 heavy (non-hydrogen) atoms. The van der Waals surface area contributed by atoms with Gasteiger partial charge in [0.05, 0.1) is 0 Å². The van der Waals surface area contributed by atoms with Crippen molar-refractivity contribution >= 4 is 17.3 Å². The number of thiocarbonyl (C=S) groups is 1. The lowest BCUT2D eigenvalue weighted by Gasteiger charge is -2.36. The van der Waals surface area contributed by atoms with Crippen molar-refractivity contribution < 1.29 is 0 Å². The molecule has 108 valence electrons. The highest BCUT2D eigenvalue weighted by atomic mass is 32.1. The largest absolute Gasteiger partial charge is 0.343 e. The van der Waals surface area contributed by atoms with Gasteiger partial charge >= 0.3 is 0 Å². The lowest BCUT2D eigenvalue weighted by molar-refractivity contribution is 0.366. The van der Waals surface area contributed by atoms with E-state index in [4.69, 9.17) is 12.2 Å². The smallest absolute Gasteiger partial charge is 0.169 e. The highest BCUT2D eigenvalue weighted by Crippen LogP contribution is 2.23. The average molecular weight is 297 g/mol. The Morgan fingerprint density at radius 1 is 0.762 bits per heavy atom. The van der Waals surface area contributed by atoms with Crippen molar-refractivity contribution in [2.24, 2.45) is 0 Å². The Hall–Kier alpha value is -1.91. The number of benzene rings is 2. The summed E-state index contributed by atoms with van der Waals surface area (Å²) in [6.07, 6.45) is 0.0362. The van der Waals surface area contributed by atoms with Gasteiger partial charge in [0.25, 0.3) is 0 Å². The third kappa shape index (κ3) is 2.91. The Morgan fingerprint density at radius 2 is 1.19 bits per heavy atom. The van der Waals surface area contributed by atoms with Crippen LogP contribution in [0, 0.1) is 13.8 Å². The van der Waals surface area contributed by atoms with Crippen LogP contribution in [0.4, 0.5) is 0 Å². The molecule has 3 nitrogen and oxygen atoms in total.